The minimum Gasteiger partial charge on any atom is -0.378 e. The monoisotopic (exact) mass is 481 g/mol. The molecular formula is C24H22F3N7O. The summed E-state index contributed by atoms with van der Waals surface area (Å²) in [5.41, 5.74) is 2.08. The van der Waals surface area contributed by atoms with Crippen molar-refractivity contribution in [2.24, 2.45) is 0 Å². The Kier molecular flexibility index (Phi) is 6.08. The summed E-state index contributed by atoms with van der Waals surface area (Å²) in [5, 5.41) is 7.38. The molecule has 8 nitrogen and oxygen atoms in total. The second kappa shape index (κ2) is 9.34. The van der Waals surface area contributed by atoms with Crippen LogP contribution in [-0.4, -0.2) is 51.0 Å². The van der Waals surface area contributed by atoms with E-state index >= 15 is 0 Å². The van der Waals surface area contributed by atoms with Gasteiger partial charge in [-0.15, -0.1) is 0 Å². The fourth-order valence-electron chi connectivity index (χ4n) is 3.80. The third-order valence-electron chi connectivity index (χ3n) is 5.57. The lowest BCUT2D eigenvalue weighted by atomic mass is 10.0. The van der Waals surface area contributed by atoms with Gasteiger partial charge in [0, 0.05) is 36.2 Å². The summed E-state index contributed by atoms with van der Waals surface area (Å²) in [4.78, 5) is 14.7. The average molecular weight is 481 g/mol. The van der Waals surface area contributed by atoms with E-state index in [2.05, 4.69) is 25.4 Å². The van der Waals surface area contributed by atoms with Gasteiger partial charge in [-0.2, -0.15) is 18.3 Å². The van der Waals surface area contributed by atoms with Crippen LogP contribution in [0.25, 0.3) is 16.9 Å². The molecule has 5 rings (SSSR count). The first-order valence-corrected chi connectivity index (χ1v) is 11.0. The number of anilines is 3. The van der Waals surface area contributed by atoms with E-state index in [-0.39, 0.29) is 5.95 Å². The van der Waals surface area contributed by atoms with Crippen LogP contribution in [-0.2, 0) is 10.9 Å². The zero-order valence-electron chi connectivity index (χ0n) is 18.8. The maximum atomic E-state index is 13.7. The van der Waals surface area contributed by atoms with Gasteiger partial charge >= 0.3 is 6.18 Å². The van der Waals surface area contributed by atoms with Crippen molar-refractivity contribution < 1.29 is 17.9 Å². The van der Waals surface area contributed by atoms with Gasteiger partial charge in [0.05, 0.1) is 30.2 Å². The van der Waals surface area contributed by atoms with Crippen LogP contribution in [0.4, 0.5) is 30.5 Å². The molecule has 180 valence electrons. The van der Waals surface area contributed by atoms with Gasteiger partial charge in [-0.25, -0.2) is 19.6 Å². The number of halogens is 3. The summed E-state index contributed by atoms with van der Waals surface area (Å²) in [5.74, 6) is 0.945. The van der Waals surface area contributed by atoms with Crippen LogP contribution < -0.4 is 10.2 Å². The molecule has 1 aliphatic heterocycles. The Morgan fingerprint density at radius 2 is 1.71 bits per heavy atom. The molecule has 0 saturated carbocycles. The highest BCUT2D eigenvalue weighted by molar-refractivity contribution is 5.69. The second-order valence-corrected chi connectivity index (χ2v) is 8.04. The predicted molar refractivity (Wildman–Crippen MR) is 125 cm³/mol. The van der Waals surface area contributed by atoms with Gasteiger partial charge in [0.25, 0.3) is 0 Å². The van der Waals surface area contributed by atoms with Crippen molar-refractivity contribution in [2.75, 3.05) is 36.5 Å². The van der Waals surface area contributed by atoms with Crippen LogP contribution in [0, 0.1) is 6.92 Å². The van der Waals surface area contributed by atoms with E-state index in [9.17, 15) is 13.2 Å². The fraction of sp³-hybridized carbons (Fsp3) is 0.250. The van der Waals surface area contributed by atoms with Crippen LogP contribution in [0.2, 0.25) is 0 Å². The third kappa shape index (κ3) is 5.24. The molecule has 0 unspecified atom stereocenters. The quantitative estimate of drug-likeness (QED) is 0.445. The molecule has 0 amide bonds. The van der Waals surface area contributed by atoms with Crippen LogP contribution in [0.1, 0.15) is 11.4 Å². The fourth-order valence-corrected chi connectivity index (χ4v) is 3.80. The first-order valence-electron chi connectivity index (χ1n) is 11.0. The third-order valence-corrected chi connectivity index (χ3v) is 5.57. The van der Waals surface area contributed by atoms with Crippen LogP contribution in [0.15, 0.2) is 61.1 Å². The molecule has 0 aliphatic carbocycles. The summed E-state index contributed by atoms with van der Waals surface area (Å²) < 4.78 is 48.0. The summed E-state index contributed by atoms with van der Waals surface area (Å²) in [6, 6.07) is 13.0. The molecule has 1 N–H and O–H groups in total. The molecule has 4 aromatic rings. The molecule has 0 radical (unpaired) electrons. The maximum Gasteiger partial charge on any atom is 0.416 e. The number of aromatic nitrogens is 5. The Balaban J connectivity index is 1.42. The van der Waals surface area contributed by atoms with E-state index in [1.807, 2.05) is 36.1 Å². The highest BCUT2D eigenvalue weighted by Crippen LogP contribution is 2.36. The SMILES string of the molecule is Cc1ncn(-c2ccc(Nc3nccc(-c4cc(N5CCOCC5)cc(C(F)(F)F)c4)n3)cc2)n1. The van der Waals surface area contributed by atoms with Crippen molar-refractivity contribution >= 4 is 17.3 Å². The standard InChI is InChI=1S/C24H22F3N7O/c1-16-29-15-34(32-16)20-4-2-19(3-5-20)30-23-28-7-6-22(31-23)17-12-18(24(25,26)27)14-21(13-17)33-8-10-35-11-9-33/h2-7,12-15H,8-11H2,1H3,(H,28,30,31). The first kappa shape index (κ1) is 22.8. The Hall–Kier alpha value is -3.99. The van der Waals surface area contributed by atoms with Crippen molar-refractivity contribution in [1.29, 1.82) is 0 Å². The number of rotatable bonds is 5. The van der Waals surface area contributed by atoms with Gasteiger partial charge < -0.3 is 15.0 Å². The Morgan fingerprint density at radius 3 is 2.40 bits per heavy atom. The van der Waals surface area contributed by atoms with E-state index in [1.165, 1.54) is 12.3 Å². The van der Waals surface area contributed by atoms with E-state index in [1.54, 1.807) is 23.1 Å². The summed E-state index contributed by atoms with van der Waals surface area (Å²) in [6.07, 6.45) is -1.33. The number of aryl methyl sites for hydroxylation is 1. The molecule has 11 heteroatoms. The largest absolute Gasteiger partial charge is 0.416 e. The average Bonchev–Trinajstić information content (AvgIpc) is 3.31. The van der Waals surface area contributed by atoms with Crippen molar-refractivity contribution in [3.63, 3.8) is 0 Å². The number of ether oxygens (including phenoxy) is 1. The number of alkyl halides is 3. The zero-order chi connectivity index (χ0) is 24.4. The number of morpholine rings is 1. The van der Waals surface area contributed by atoms with Gasteiger partial charge in [0.15, 0.2) is 0 Å². The smallest absolute Gasteiger partial charge is 0.378 e. The molecule has 0 spiro atoms. The van der Waals surface area contributed by atoms with Crippen molar-refractivity contribution in [3.8, 4) is 16.9 Å². The van der Waals surface area contributed by atoms with Gasteiger partial charge in [-0.05, 0) is 55.5 Å². The molecule has 35 heavy (non-hydrogen) atoms. The molecule has 0 atom stereocenters. The number of benzene rings is 2. The predicted octanol–water partition coefficient (Wildman–Crippen LogP) is 4.63. The Bertz CT molecular complexity index is 1320. The number of hydrogen-bond acceptors (Lipinski definition) is 7. The molecule has 2 aromatic carbocycles. The number of nitrogens with zero attached hydrogens (tertiary/aromatic N) is 6. The van der Waals surface area contributed by atoms with Crippen LogP contribution in [0.5, 0.6) is 0 Å². The van der Waals surface area contributed by atoms with E-state index in [0.29, 0.717) is 49.1 Å². The van der Waals surface area contributed by atoms with Gasteiger partial charge in [-0.3, -0.25) is 0 Å². The molecular weight excluding hydrogens is 459 g/mol. The van der Waals surface area contributed by atoms with Crippen LogP contribution >= 0.6 is 0 Å². The lowest BCUT2D eigenvalue weighted by molar-refractivity contribution is -0.137. The van der Waals surface area contributed by atoms with Crippen molar-refractivity contribution in [2.45, 2.75) is 13.1 Å². The summed E-state index contributed by atoms with van der Waals surface area (Å²) in [7, 11) is 0. The number of nitrogens with one attached hydrogen (secondary N) is 1. The lowest BCUT2D eigenvalue weighted by Crippen LogP contribution is -2.36. The summed E-state index contributed by atoms with van der Waals surface area (Å²) >= 11 is 0. The van der Waals surface area contributed by atoms with Crippen LogP contribution in [0.3, 0.4) is 0 Å². The van der Waals surface area contributed by atoms with Gasteiger partial charge in [-0.1, -0.05) is 0 Å². The van der Waals surface area contributed by atoms with E-state index < -0.39 is 11.7 Å². The molecule has 1 saturated heterocycles. The highest BCUT2D eigenvalue weighted by Gasteiger charge is 2.32. The lowest BCUT2D eigenvalue weighted by Gasteiger charge is -2.29. The second-order valence-electron chi connectivity index (χ2n) is 8.04. The first-order chi connectivity index (χ1) is 16.8. The molecule has 1 aliphatic rings. The minimum absolute atomic E-state index is 0.275. The van der Waals surface area contributed by atoms with Crippen molar-refractivity contribution in [1.82, 2.24) is 24.7 Å². The number of hydrogen-bond donors (Lipinski definition) is 1. The maximum absolute atomic E-state index is 13.7. The van der Waals surface area contributed by atoms with E-state index in [4.69, 9.17) is 4.74 Å². The molecule has 3 heterocycles. The molecule has 1 fully saturated rings. The Morgan fingerprint density at radius 1 is 0.943 bits per heavy atom. The van der Waals surface area contributed by atoms with E-state index in [0.717, 1.165) is 17.4 Å². The Labute approximate surface area is 199 Å². The van der Waals surface area contributed by atoms with Gasteiger partial charge in [0.2, 0.25) is 5.95 Å². The van der Waals surface area contributed by atoms with Crippen molar-refractivity contribution in [3.05, 3.63) is 72.4 Å². The minimum atomic E-state index is -4.48. The zero-order valence-corrected chi connectivity index (χ0v) is 18.8. The normalized spacial score (nSPS) is 14.2. The summed E-state index contributed by atoms with van der Waals surface area (Å²) in [6.45, 7) is 3.82. The van der Waals surface area contributed by atoms with Gasteiger partial charge in [0.1, 0.15) is 12.2 Å². The molecule has 2 aromatic heterocycles. The highest BCUT2D eigenvalue weighted by atomic mass is 19.4. The topological polar surface area (TPSA) is 81.0 Å². The molecule has 0 bridgehead atoms.